The van der Waals surface area contributed by atoms with Gasteiger partial charge in [-0.15, -0.1) is 0 Å². The van der Waals surface area contributed by atoms with Crippen LogP contribution in [0.1, 0.15) is 60.9 Å². The first-order valence-corrected chi connectivity index (χ1v) is 9.43. The van der Waals surface area contributed by atoms with E-state index >= 15 is 0 Å². The number of rotatable bonds is 6. The Morgan fingerprint density at radius 2 is 1.85 bits per heavy atom. The summed E-state index contributed by atoms with van der Waals surface area (Å²) in [6.07, 6.45) is 4.66. The van der Waals surface area contributed by atoms with Crippen LogP contribution in [0.3, 0.4) is 0 Å². The average Bonchev–Trinajstić information content (AvgIpc) is 2.66. The molecule has 27 heavy (non-hydrogen) atoms. The summed E-state index contributed by atoms with van der Waals surface area (Å²) in [7, 11) is 0. The molecule has 1 aliphatic rings. The third-order valence-electron chi connectivity index (χ3n) is 5.20. The molecule has 2 aromatic rings. The third-order valence-corrected chi connectivity index (χ3v) is 5.20. The Bertz CT molecular complexity index is 811. The third kappa shape index (κ3) is 4.53. The van der Waals surface area contributed by atoms with Gasteiger partial charge in [-0.05, 0) is 73.4 Å². The second-order valence-electron chi connectivity index (χ2n) is 7.08. The monoisotopic (exact) mass is 374 g/mol. The van der Waals surface area contributed by atoms with Crippen LogP contribution >= 0.6 is 0 Å². The lowest BCUT2D eigenvalue weighted by Crippen LogP contribution is -2.22. The molecule has 0 saturated heterocycles. The van der Waals surface area contributed by atoms with E-state index in [0.29, 0.717) is 5.56 Å². The number of hydrogen-bond acceptors (Lipinski definition) is 2. The van der Waals surface area contributed by atoms with Gasteiger partial charge in [0.1, 0.15) is 11.6 Å². The van der Waals surface area contributed by atoms with Crippen molar-refractivity contribution in [2.75, 3.05) is 6.61 Å². The summed E-state index contributed by atoms with van der Waals surface area (Å²) < 4.78 is 33.2. The van der Waals surface area contributed by atoms with Gasteiger partial charge in [0.25, 0.3) is 0 Å². The van der Waals surface area contributed by atoms with Crippen LogP contribution in [0.4, 0.5) is 8.78 Å². The number of carbonyl (C=O) groups is 1. The first kappa shape index (κ1) is 19.5. The average molecular weight is 374 g/mol. The lowest BCUT2D eigenvalue weighted by atomic mass is 9.80. The minimum atomic E-state index is -0.986. The van der Waals surface area contributed by atoms with Gasteiger partial charge < -0.3 is 9.84 Å². The summed E-state index contributed by atoms with van der Waals surface area (Å²) in [4.78, 5) is 11.7. The topological polar surface area (TPSA) is 46.5 Å². The fraction of sp³-hybridized carbons (Fsp3) is 0.409. The fourth-order valence-corrected chi connectivity index (χ4v) is 3.81. The van der Waals surface area contributed by atoms with E-state index in [0.717, 1.165) is 50.3 Å². The number of carboxylic acids is 1. The van der Waals surface area contributed by atoms with Gasteiger partial charge in [0.05, 0.1) is 11.7 Å². The highest BCUT2D eigenvalue weighted by Crippen LogP contribution is 2.38. The molecule has 0 amide bonds. The zero-order chi connectivity index (χ0) is 19.4. The fourth-order valence-electron chi connectivity index (χ4n) is 3.81. The van der Waals surface area contributed by atoms with Gasteiger partial charge in [-0.2, -0.15) is 0 Å². The van der Waals surface area contributed by atoms with Crippen LogP contribution in [0.5, 0.6) is 0 Å². The van der Waals surface area contributed by atoms with Crippen molar-refractivity contribution in [1.82, 2.24) is 0 Å². The van der Waals surface area contributed by atoms with Crippen LogP contribution in [0.25, 0.3) is 11.1 Å². The molecule has 0 atom stereocenters. The molecule has 1 aliphatic carbocycles. The van der Waals surface area contributed by atoms with Crippen molar-refractivity contribution in [2.24, 2.45) is 0 Å². The predicted molar refractivity (Wildman–Crippen MR) is 100.0 cm³/mol. The van der Waals surface area contributed by atoms with E-state index in [1.165, 1.54) is 18.2 Å². The van der Waals surface area contributed by atoms with E-state index < -0.39 is 17.6 Å². The number of benzene rings is 2. The zero-order valence-corrected chi connectivity index (χ0v) is 15.4. The number of ether oxygens (including phenoxy) is 1. The lowest BCUT2D eigenvalue weighted by Gasteiger charge is -2.29. The maximum absolute atomic E-state index is 14.2. The van der Waals surface area contributed by atoms with Crippen LogP contribution in [0.2, 0.25) is 0 Å². The first-order chi connectivity index (χ1) is 13.0. The highest BCUT2D eigenvalue weighted by molar-refractivity contribution is 5.90. The summed E-state index contributed by atoms with van der Waals surface area (Å²) in [5, 5.41) is 9.57. The van der Waals surface area contributed by atoms with Crippen molar-refractivity contribution in [3.8, 4) is 11.1 Å². The summed E-state index contributed by atoms with van der Waals surface area (Å²) in [6.45, 7) is 2.82. The van der Waals surface area contributed by atoms with E-state index in [2.05, 4.69) is 6.92 Å². The highest BCUT2D eigenvalue weighted by Gasteiger charge is 2.26. The quantitative estimate of drug-likeness (QED) is 0.697. The molecule has 2 aromatic carbocycles. The Kier molecular flexibility index (Phi) is 6.22. The SMILES string of the molecule is CCCOC1CCC(c2cc(-c3ccc(F)cc3F)ccc2C(=O)O)CC1. The Hall–Kier alpha value is -2.27. The van der Waals surface area contributed by atoms with Gasteiger partial charge in [-0.25, -0.2) is 13.6 Å². The van der Waals surface area contributed by atoms with Crippen molar-refractivity contribution in [3.63, 3.8) is 0 Å². The molecule has 0 bridgehead atoms. The Morgan fingerprint density at radius 1 is 1.11 bits per heavy atom. The standard InChI is InChI=1S/C22H24F2O3/c1-2-11-27-17-7-3-14(4-8-17)20-12-15(5-9-19(20)22(25)26)18-10-6-16(23)13-21(18)24/h5-6,9-10,12-14,17H,2-4,7-8,11H2,1H3,(H,25,26). The van der Waals surface area contributed by atoms with Crippen LogP contribution in [-0.2, 0) is 4.74 Å². The molecule has 0 heterocycles. The van der Waals surface area contributed by atoms with E-state index in [1.807, 2.05) is 0 Å². The second-order valence-corrected chi connectivity index (χ2v) is 7.08. The first-order valence-electron chi connectivity index (χ1n) is 9.43. The van der Waals surface area contributed by atoms with Crippen molar-refractivity contribution in [3.05, 3.63) is 59.2 Å². The van der Waals surface area contributed by atoms with Crippen LogP contribution in [-0.4, -0.2) is 23.8 Å². The van der Waals surface area contributed by atoms with Gasteiger partial charge in [0.2, 0.25) is 0 Å². The maximum atomic E-state index is 14.2. The molecule has 1 saturated carbocycles. The number of halogens is 2. The molecule has 5 heteroatoms. The molecule has 1 N–H and O–H groups in total. The van der Waals surface area contributed by atoms with Crippen molar-refractivity contribution in [1.29, 1.82) is 0 Å². The number of carboxylic acid groups (broad SMARTS) is 1. The van der Waals surface area contributed by atoms with Crippen LogP contribution < -0.4 is 0 Å². The minimum Gasteiger partial charge on any atom is -0.478 e. The molecule has 1 fully saturated rings. The molecular formula is C22H24F2O3. The molecule has 0 spiro atoms. The Labute approximate surface area is 158 Å². The van der Waals surface area contributed by atoms with Crippen LogP contribution in [0, 0.1) is 11.6 Å². The van der Waals surface area contributed by atoms with Crippen molar-refractivity contribution in [2.45, 2.75) is 51.0 Å². The van der Waals surface area contributed by atoms with Gasteiger partial charge in [-0.3, -0.25) is 0 Å². The molecule has 3 nitrogen and oxygen atoms in total. The van der Waals surface area contributed by atoms with Crippen molar-refractivity contribution < 1.29 is 23.4 Å². The molecule has 144 valence electrons. The molecule has 0 unspecified atom stereocenters. The molecule has 0 aromatic heterocycles. The number of hydrogen-bond donors (Lipinski definition) is 1. The van der Waals surface area contributed by atoms with Crippen molar-refractivity contribution >= 4 is 5.97 Å². The van der Waals surface area contributed by atoms with Gasteiger partial charge in [-0.1, -0.05) is 13.0 Å². The maximum Gasteiger partial charge on any atom is 0.335 e. The van der Waals surface area contributed by atoms with Crippen LogP contribution in [0.15, 0.2) is 36.4 Å². The normalized spacial score (nSPS) is 19.8. The predicted octanol–water partition coefficient (Wildman–Crippen LogP) is 5.78. The largest absolute Gasteiger partial charge is 0.478 e. The molecule has 0 aliphatic heterocycles. The summed E-state index contributed by atoms with van der Waals surface area (Å²) in [6, 6.07) is 8.29. The summed E-state index contributed by atoms with van der Waals surface area (Å²) in [5.74, 6) is -2.17. The summed E-state index contributed by atoms with van der Waals surface area (Å²) in [5.41, 5.74) is 1.81. The lowest BCUT2D eigenvalue weighted by molar-refractivity contribution is 0.0250. The van der Waals surface area contributed by atoms with Gasteiger partial charge in [0, 0.05) is 18.2 Å². The minimum absolute atomic E-state index is 0.0982. The zero-order valence-electron chi connectivity index (χ0n) is 15.4. The molecule has 3 rings (SSSR count). The molecule has 0 radical (unpaired) electrons. The van der Waals surface area contributed by atoms with Gasteiger partial charge >= 0.3 is 5.97 Å². The second kappa shape index (κ2) is 8.61. The Balaban J connectivity index is 1.88. The van der Waals surface area contributed by atoms with Gasteiger partial charge in [0.15, 0.2) is 0 Å². The molecular weight excluding hydrogens is 350 g/mol. The van der Waals surface area contributed by atoms with E-state index in [9.17, 15) is 18.7 Å². The highest BCUT2D eigenvalue weighted by atomic mass is 19.1. The van der Waals surface area contributed by atoms with E-state index in [1.54, 1.807) is 12.1 Å². The van der Waals surface area contributed by atoms with E-state index in [-0.39, 0.29) is 23.1 Å². The Morgan fingerprint density at radius 3 is 2.48 bits per heavy atom. The van der Waals surface area contributed by atoms with E-state index in [4.69, 9.17) is 4.74 Å². The number of aromatic carboxylic acids is 1. The smallest absolute Gasteiger partial charge is 0.335 e. The summed E-state index contributed by atoms with van der Waals surface area (Å²) >= 11 is 0.